The first-order valence-electron chi connectivity index (χ1n) is 6.48. The highest BCUT2D eigenvalue weighted by Crippen LogP contribution is 2.45. The number of hydrogen-bond donors (Lipinski definition) is 0. The van der Waals surface area contributed by atoms with Crippen LogP contribution in [0.15, 0.2) is 23.8 Å². The highest BCUT2D eigenvalue weighted by molar-refractivity contribution is 5.10. The highest BCUT2D eigenvalue weighted by atomic mass is 14.4. The first-order valence-corrected chi connectivity index (χ1v) is 6.48. The second-order valence-electron chi connectivity index (χ2n) is 5.84. The molecule has 2 rings (SSSR count). The van der Waals surface area contributed by atoms with Crippen molar-refractivity contribution in [3.63, 3.8) is 0 Å². The Morgan fingerprint density at radius 2 is 2.13 bits per heavy atom. The second-order valence-corrected chi connectivity index (χ2v) is 5.84. The summed E-state index contributed by atoms with van der Waals surface area (Å²) in [6.45, 7) is 6.77. The predicted octanol–water partition coefficient (Wildman–Crippen LogP) is 4.58. The summed E-state index contributed by atoms with van der Waals surface area (Å²) in [5.41, 5.74) is 1.47. The molecule has 0 aromatic rings. The average molecular weight is 204 g/mol. The molecule has 0 saturated heterocycles. The van der Waals surface area contributed by atoms with Gasteiger partial charge in [0.2, 0.25) is 0 Å². The first kappa shape index (κ1) is 11.0. The van der Waals surface area contributed by atoms with Gasteiger partial charge in [0.1, 0.15) is 0 Å². The molecule has 0 aliphatic heterocycles. The number of rotatable bonds is 4. The Morgan fingerprint density at radius 3 is 2.67 bits per heavy atom. The third kappa shape index (κ3) is 2.74. The van der Waals surface area contributed by atoms with Gasteiger partial charge in [0.25, 0.3) is 0 Å². The van der Waals surface area contributed by atoms with Crippen molar-refractivity contribution >= 4 is 0 Å². The van der Waals surface area contributed by atoms with Gasteiger partial charge in [0, 0.05) is 0 Å². The molecular weight excluding hydrogens is 180 g/mol. The fourth-order valence-electron chi connectivity index (χ4n) is 3.36. The van der Waals surface area contributed by atoms with Gasteiger partial charge < -0.3 is 0 Å². The van der Waals surface area contributed by atoms with Crippen LogP contribution in [0, 0.1) is 23.7 Å². The largest absolute Gasteiger partial charge is 0.0851 e. The standard InChI is InChI=1S/C15H24/c1-11(2)8-12(3)4-6-14-9-13-5-7-15(14)10-13/h5,7-8,12-15H,4,6,9-10H2,1-3H3. The molecule has 1 saturated carbocycles. The predicted molar refractivity (Wildman–Crippen MR) is 66.7 cm³/mol. The summed E-state index contributed by atoms with van der Waals surface area (Å²) in [6, 6.07) is 0. The van der Waals surface area contributed by atoms with E-state index in [0.717, 1.165) is 23.7 Å². The van der Waals surface area contributed by atoms with Gasteiger partial charge in [-0.1, -0.05) is 30.7 Å². The van der Waals surface area contributed by atoms with Gasteiger partial charge >= 0.3 is 0 Å². The Bertz CT molecular complexity index is 268. The lowest BCUT2D eigenvalue weighted by atomic mass is 9.87. The summed E-state index contributed by atoms with van der Waals surface area (Å²) >= 11 is 0. The zero-order chi connectivity index (χ0) is 10.8. The van der Waals surface area contributed by atoms with Gasteiger partial charge in [-0.2, -0.15) is 0 Å². The molecule has 0 nitrogen and oxygen atoms in total. The van der Waals surface area contributed by atoms with Crippen LogP contribution in [0.5, 0.6) is 0 Å². The lowest BCUT2D eigenvalue weighted by Gasteiger charge is -2.19. The first-order chi connectivity index (χ1) is 7.15. The van der Waals surface area contributed by atoms with Crippen molar-refractivity contribution in [1.82, 2.24) is 0 Å². The van der Waals surface area contributed by atoms with Crippen LogP contribution >= 0.6 is 0 Å². The molecule has 2 aliphatic rings. The molecule has 0 amide bonds. The number of fused-ring (bicyclic) bond motifs is 2. The van der Waals surface area contributed by atoms with E-state index in [9.17, 15) is 0 Å². The summed E-state index contributed by atoms with van der Waals surface area (Å²) in [4.78, 5) is 0. The van der Waals surface area contributed by atoms with Gasteiger partial charge in [0.05, 0.1) is 0 Å². The van der Waals surface area contributed by atoms with Crippen molar-refractivity contribution in [3.05, 3.63) is 23.8 Å². The third-order valence-electron chi connectivity index (χ3n) is 4.03. The maximum Gasteiger partial charge on any atom is -0.0199 e. The van der Waals surface area contributed by atoms with Crippen LogP contribution in [0.4, 0.5) is 0 Å². The number of allylic oxidation sites excluding steroid dienone is 4. The van der Waals surface area contributed by atoms with Crippen LogP contribution in [-0.4, -0.2) is 0 Å². The molecule has 4 atom stereocenters. The molecule has 0 aromatic carbocycles. The van der Waals surface area contributed by atoms with Gasteiger partial charge in [-0.3, -0.25) is 0 Å². The van der Waals surface area contributed by atoms with E-state index in [2.05, 4.69) is 39.0 Å². The molecule has 84 valence electrons. The average Bonchev–Trinajstić information content (AvgIpc) is 2.74. The number of hydrogen-bond acceptors (Lipinski definition) is 0. The molecule has 0 spiro atoms. The molecule has 15 heavy (non-hydrogen) atoms. The molecule has 0 heterocycles. The summed E-state index contributed by atoms with van der Waals surface area (Å²) in [6.07, 6.45) is 13.1. The third-order valence-corrected chi connectivity index (χ3v) is 4.03. The molecule has 0 aromatic heterocycles. The monoisotopic (exact) mass is 204 g/mol. The van der Waals surface area contributed by atoms with Crippen LogP contribution in [-0.2, 0) is 0 Å². The Morgan fingerprint density at radius 1 is 1.33 bits per heavy atom. The van der Waals surface area contributed by atoms with E-state index in [1.54, 1.807) is 0 Å². The SMILES string of the molecule is CC(C)=CC(C)CCC1CC2C=CC1C2. The van der Waals surface area contributed by atoms with Gasteiger partial charge in [-0.25, -0.2) is 0 Å². The topological polar surface area (TPSA) is 0 Å². The van der Waals surface area contributed by atoms with Crippen LogP contribution in [0.3, 0.4) is 0 Å². The van der Waals surface area contributed by atoms with Gasteiger partial charge in [0.15, 0.2) is 0 Å². The quantitative estimate of drug-likeness (QED) is 0.588. The minimum Gasteiger partial charge on any atom is -0.0851 e. The summed E-state index contributed by atoms with van der Waals surface area (Å²) in [5.74, 6) is 3.67. The molecule has 4 unspecified atom stereocenters. The molecule has 0 heteroatoms. The van der Waals surface area contributed by atoms with Crippen molar-refractivity contribution in [2.45, 2.75) is 46.5 Å². The normalized spacial score (nSPS) is 34.5. The summed E-state index contributed by atoms with van der Waals surface area (Å²) < 4.78 is 0. The molecule has 0 radical (unpaired) electrons. The van der Waals surface area contributed by atoms with E-state index >= 15 is 0 Å². The molecule has 2 bridgehead atoms. The minimum atomic E-state index is 0.776. The van der Waals surface area contributed by atoms with Crippen LogP contribution in [0.25, 0.3) is 0 Å². The van der Waals surface area contributed by atoms with E-state index in [1.165, 1.54) is 31.3 Å². The van der Waals surface area contributed by atoms with Crippen LogP contribution in [0.2, 0.25) is 0 Å². The van der Waals surface area contributed by atoms with E-state index in [-0.39, 0.29) is 0 Å². The Kier molecular flexibility index (Phi) is 3.33. The van der Waals surface area contributed by atoms with E-state index in [0.29, 0.717) is 0 Å². The summed E-state index contributed by atoms with van der Waals surface area (Å²) in [7, 11) is 0. The van der Waals surface area contributed by atoms with Gasteiger partial charge in [-0.05, 0) is 63.2 Å². The van der Waals surface area contributed by atoms with Crippen molar-refractivity contribution in [3.8, 4) is 0 Å². The fourth-order valence-corrected chi connectivity index (χ4v) is 3.36. The fraction of sp³-hybridized carbons (Fsp3) is 0.733. The van der Waals surface area contributed by atoms with Crippen molar-refractivity contribution in [2.75, 3.05) is 0 Å². The van der Waals surface area contributed by atoms with Gasteiger partial charge in [-0.15, -0.1) is 0 Å². The Balaban J connectivity index is 1.75. The zero-order valence-corrected chi connectivity index (χ0v) is 10.4. The van der Waals surface area contributed by atoms with Crippen molar-refractivity contribution in [2.24, 2.45) is 23.7 Å². The minimum absolute atomic E-state index is 0.776. The van der Waals surface area contributed by atoms with Crippen LogP contribution < -0.4 is 0 Å². The molecule has 0 N–H and O–H groups in total. The molecule has 1 fully saturated rings. The lowest BCUT2D eigenvalue weighted by Crippen LogP contribution is -2.08. The molecule has 2 aliphatic carbocycles. The van der Waals surface area contributed by atoms with Crippen molar-refractivity contribution in [1.29, 1.82) is 0 Å². The Labute approximate surface area is 94.5 Å². The summed E-state index contributed by atoms with van der Waals surface area (Å²) in [5, 5.41) is 0. The van der Waals surface area contributed by atoms with Crippen LogP contribution in [0.1, 0.15) is 46.5 Å². The molecular formula is C15H24. The highest BCUT2D eigenvalue weighted by Gasteiger charge is 2.34. The maximum atomic E-state index is 2.48. The van der Waals surface area contributed by atoms with E-state index in [4.69, 9.17) is 0 Å². The maximum absolute atomic E-state index is 2.48. The van der Waals surface area contributed by atoms with E-state index < -0.39 is 0 Å². The smallest absolute Gasteiger partial charge is 0.0199 e. The Hall–Kier alpha value is -0.520. The van der Waals surface area contributed by atoms with Crippen molar-refractivity contribution < 1.29 is 0 Å². The lowest BCUT2D eigenvalue weighted by molar-refractivity contribution is 0.384. The van der Waals surface area contributed by atoms with E-state index in [1.807, 2.05) is 0 Å². The zero-order valence-electron chi connectivity index (χ0n) is 10.4. The second kappa shape index (κ2) is 4.55.